The van der Waals surface area contributed by atoms with Gasteiger partial charge in [-0.05, 0) is 29.7 Å². The lowest BCUT2D eigenvalue weighted by molar-refractivity contribution is -0.122. The van der Waals surface area contributed by atoms with Gasteiger partial charge in [0, 0.05) is 38.0 Å². The first-order chi connectivity index (χ1) is 11.6. The highest BCUT2D eigenvalue weighted by Crippen LogP contribution is 2.37. The van der Waals surface area contributed by atoms with Crippen molar-refractivity contribution in [1.29, 1.82) is 0 Å². The van der Waals surface area contributed by atoms with Crippen molar-refractivity contribution in [2.75, 3.05) is 11.4 Å². The second-order valence-corrected chi connectivity index (χ2v) is 6.29. The van der Waals surface area contributed by atoms with Crippen molar-refractivity contribution in [2.45, 2.75) is 32.7 Å². The van der Waals surface area contributed by atoms with E-state index in [9.17, 15) is 9.59 Å². The van der Waals surface area contributed by atoms with Crippen molar-refractivity contribution in [3.05, 3.63) is 65.2 Å². The first-order valence-corrected chi connectivity index (χ1v) is 8.24. The second-order valence-electron chi connectivity index (χ2n) is 6.29. The minimum absolute atomic E-state index is 0.0171. The number of nitrogens with one attached hydrogen (secondary N) is 1. The van der Waals surface area contributed by atoms with E-state index in [1.54, 1.807) is 11.8 Å². The summed E-state index contributed by atoms with van der Waals surface area (Å²) in [6.45, 7) is 4.72. The maximum absolute atomic E-state index is 12.4. The van der Waals surface area contributed by atoms with Crippen LogP contribution in [0.2, 0.25) is 0 Å². The maximum Gasteiger partial charge on any atom is 0.223 e. The Kier molecular flexibility index (Phi) is 4.65. The number of nitrogens with zero attached hydrogens (tertiary/aromatic N) is 1. The van der Waals surface area contributed by atoms with E-state index < -0.39 is 0 Å². The Balaban J connectivity index is 1.65. The molecule has 2 amide bonds. The van der Waals surface area contributed by atoms with Gasteiger partial charge in [-0.15, -0.1) is 0 Å². The number of aryl methyl sites for hydroxylation is 1. The van der Waals surface area contributed by atoms with E-state index in [0.717, 1.165) is 16.8 Å². The van der Waals surface area contributed by atoms with E-state index in [1.807, 2.05) is 55.5 Å². The first kappa shape index (κ1) is 16.2. The third kappa shape index (κ3) is 3.32. The molecule has 0 bridgehead atoms. The van der Waals surface area contributed by atoms with Gasteiger partial charge in [-0.2, -0.15) is 0 Å². The molecule has 0 fully saturated rings. The molecule has 2 aromatic rings. The summed E-state index contributed by atoms with van der Waals surface area (Å²) in [6.07, 6.45) is 0.396. The summed E-state index contributed by atoms with van der Waals surface area (Å²) in [4.78, 5) is 25.9. The fourth-order valence-electron chi connectivity index (χ4n) is 3.27. The maximum atomic E-state index is 12.4. The van der Waals surface area contributed by atoms with Crippen molar-refractivity contribution in [2.24, 2.45) is 0 Å². The zero-order valence-corrected chi connectivity index (χ0v) is 14.1. The van der Waals surface area contributed by atoms with Crippen molar-refractivity contribution in [3.8, 4) is 0 Å². The minimum atomic E-state index is 0.0171. The van der Waals surface area contributed by atoms with Gasteiger partial charge in [-0.3, -0.25) is 9.59 Å². The van der Waals surface area contributed by atoms with Crippen LogP contribution in [0.25, 0.3) is 0 Å². The van der Waals surface area contributed by atoms with Crippen LogP contribution < -0.4 is 10.2 Å². The van der Waals surface area contributed by atoms with Gasteiger partial charge in [0.15, 0.2) is 0 Å². The molecule has 2 aromatic carbocycles. The van der Waals surface area contributed by atoms with Gasteiger partial charge in [0.2, 0.25) is 11.8 Å². The number of amides is 2. The number of rotatable bonds is 4. The van der Waals surface area contributed by atoms with Crippen molar-refractivity contribution in [1.82, 2.24) is 5.32 Å². The van der Waals surface area contributed by atoms with E-state index in [-0.39, 0.29) is 17.7 Å². The number of para-hydroxylation sites is 1. The van der Waals surface area contributed by atoms with Gasteiger partial charge in [0.1, 0.15) is 0 Å². The number of fused-ring (bicyclic) bond motifs is 1. The van der Waals surface area contributed by atoms with E-state index in [2.05, 4.69) is 5.32 Å². The fraction of sp³-hybridized carbons (Fsp3) is 0.300. The Morgan fingerprint density at radius 2 is 1.83 bits per heavy atom. The number of anilines is 1. The number of carbonyl (C=O) groups is 2. The van der Waals surface area contributed by atoms with Gasteiger partial charge in [0.25, 0.3) is 0 Å². The summed E-state index contributed by atoms with van der Waals surface area (Å²) in [5.41, 5.74) is 4.32. The fourth-order valence-corrected chi connectivity index (χ4v) is 3.27. The van der Waals surface area contributed by atoms with Crippen LogP contribution in [0.4, 0.5) is 5.69 Å². The predicted molar refractivity (Wildman–Crippen MR) is 94.9 cm³/mol. The van der Waals surface area contributed by atoms with Crippen LogP contribution in [0.1, 0.15) is 36.0 Å². The molecular weight excluding hydrogens is 300 g/mol. The quantitative estimate of drug-likeness (QED) is 0.940. The van der Waals surface area contributed by atoms with Crippen molar-refractivity contribution in [3.63, 3.8) is 0 Å². The Bertz CT molecular complexity index is 770. The third-order valence-electron chi connectivity index (χ3n) is 4.62. The SMILES string of the molecule is CC(=O)N1CC(CC(=O)NCc2ccccc2C)c2ccccc21. The zero-order chi connectivity index (χ0) is 17.1. The standard InChI is InChI=1S/C20H22N2O2/c1-14-7-3-4-8-16(14)12-21-20(24)11-17-13-22(15(2)23)19-10-6-5-9-18(17)19/h3-10,17H,11-13H2,1-2H3,(H,21,24). The minimum Gasteiger partial charge on any atom is -0.352 e. The van der Waals surface area contributed by atoms with Crippen molar-refractivity contribution >= 4 is 17.5 Å². The molecule has 1 atom stereocenters. The Morgan fingerprint density at radius 3 is 2.58 bits per heavy atom. The van der Waals surface area contributed by atoms with Crippen LogP contribution in [-0.2, 0) is 16.1 Å². The molecule has 0 saturated carbocycles. The molecule has 0 aliphatic carbocycles. The summed E-state index contributed by atoms with van der Waals surface area (Å²) in [5.74, 6) is 0.0932. The Labute approximate surface area is 142 Å². The summed E-state index contributed by atoms with van der Waals surface area (Å²) < 4.78 is 0. The summed E-state index contributed by atoms with van der Waals surface area (Å²) in [5, 5.41) is 3.00. The number of hydrogen-bond acceptors (Lipinski definition) is 2. The van der Waals surface area contributed by atoms with Crippen molar-refractivity contribution < 1.29 is 9.59 Å². The smallest absolute Gasteiger partial charge is 0.223 e. The first-order valence-electron chi connectivity index (χ1n) is 8.24. The largest absolute Gasteiger partial charge is 0.352 e. The molecule has 24 heavy (non-hydrogen) atoms. The average molecular weight is 322 g/mol. The molecule has 1 aliphatic heterocycles. The Hall–Kier alpha value is -2.62. The molecule has 0 radical (unpaired) electrons. The molecular formula is C20H22N2O2. The van der Waals surface area contributed by atoms with E-state index in [1.165, 1.54) is 5.56 Å². The van der Waals surface area contributed by atoms with Gasteiger partial charge < -0.3 is 10.2 Å². The second kappa shape index (κ2) is 6.87. The number of benzene rings is 2. The van der Waals surface area contributed by atoms with Crippen LogP contribution >= 0.6 is 0 Å². The lowest BCUT2D eigenvalue weighted by atomic mass is 9.97. The van der Waals surface area contributed by atoms with Gasteiger partial charge in [-0.25, -0.2) is 0 Å². The molecule has 1 N–H and O–H groups in total. The van der Waals surface area contributed by atoms with Crippen LogP contribution in [0, 0.1) is 6.92 Å². The Morgan fingerprint density at radius 1 is 1.12 bits per heavy atom. The monoisotopic (exact) mass is 322 g/mol. The van der Waals surface area contributed by atoms with E-state index in [4.69, 9.17) is 0 Å². The highest BCUT2D eigenvalue weighted by Gasteiger charge is 2.31. The molecule has 0 saturated heterocycles. The molecule has 3 rings (SSSR count). The van der Waals surface area contributed by atoms with Gasteiger partial charge in [0.05, 0.1) is 0 Å². The highest BCUT2D eigenvalue weighted by molar-refractivity contribution is 5.94. The molecule has 0 aromatic heterocycles. The molecule has 0 spiro atoms. The van der Waals surface area contributed by atoms with Gasteiger partial charge in [-0.1, -0.05) is 42.5 Å². The molecule has 4 nitrogen and oxygen atoms in total. The topological polar surface area (TPSA) is 49.4 Å². The van der Waals surface area contributed by atoms with Gasteiger partial charge >= 0.3 is 0 Å². The summed E-state index contributed by atoms with van der Waals surface area (Å²) in [7, 11) is 0. The normalized spacial score (nSPS) is 15.9. The lowest BCUT2D eigenvalue weighted by Gasteiger charge is -2.15. The molecule has 1 heterocycles. The van der Waals surface area contributed by atoms with Crippen LogP contribution in [0.15, 0.2) is 48.5 Å². The summed E-state index contributed by atoms with van der Waals surface area (Å²) >= 11 is 0. The van der Waals surface area contributed by atoms with Crippen LogP contribution in [0.5, 0.6) is 0 Å². The summed E-state index contributed by atoms with van der Waals surface area (Å²) in [6, 6.07) is 15.9. The average Bonchev–Trinajstić information content (AvgIpc) is 2.93. The van der Waals surface area contributed by atoms with E-state index in [0.29, 0.717) is 19.5 Å². The molecule has 1 unspecified atom stereocenters. The molecule has 124 valence electrons. The molecule has 4 heteroatoms. The number of carbonyl (C=O) groups excluding carboxylic acids is 2. The predicted octanol–water partition coefficient (Wildman–Crippen LogP) is 3.15. The van der Waals surface area contributed by atoms with E-state index >= 15 is 0 Å². The van der Waals surface area contributed by atoms with Crippen LogP contribution in [0.3, 0.4) is 0 Å². The zero-order valence-electron chi connectivity index (χ0n) is 14.1. The lowest BCUT2D eigenvalue weighted by Crippen LogP contribution is -2.29. The molecule has 1 aliphatic rings. The third-order valence-corrected chi connectivity index (χ3v) is 4.62. The van der Waals surface area contributed by atoms with Crippen LogP contribution in [-0.4, -0.2) is 18.4 Å². The highest BCUT2D eigenvalue weighted by atomic mass is 16.2. The number of hydrogen-bond donors (Lipinski definition) is 1.